The van der Waals surface area contributed by atoms with Crippen molar-refractivity contribution in [2.75, 3.05) is 12.3 Å². The van der Waals surface area contributed by atoms with Crippen molar-refractivity contribution in [1.29, 1.82) is 0 Å². The lowest BCUT2D eigenvalue weighted by atomic mass is 10.1. The smallest absolute Gasteiger partial charge is 0.354 e. The maximum Gasteiger partial charge on any atom is 0.354 e. The summed E-state index contributed by atoms with van der Waals surface area (Å²) in [4.78, 5) is 29.4. The SMILES string of the molecule is CCOc1ccc2sc3ccccc3c(=O)c2c1-n1ccc(N)nc1=O. The van der Waals surface area contributed by atoms with Crippen LogP contribution in [0.3, 0.4) is 0 Å². The van der Waals surface area contributed by atoms with Gasteiger partial charge in [-0.15, -0.1) is 11.3 Å². The monoisotopic (exact) mass is 365 g/mol. The van der Waals surface area contributed by atoms with Crippen LogP contribution in [0.1, 0.15) is 6.92 Å². The standard InChI is InChI=1S/C19H15N3O3S/c1-2-25-12-7-8-14-16(17(12)22-10-9-15(20)21-19(22)24)18(23)11-5-3-4-6-13(11)26-14/h3-10H,2H2,1H3,(H2,20,21,24). The number of nitrogens with two attached hydrogens (primary N) is 1. The van der Waals surface area contributed by atoms with Crippen molar-refractivity contribution in [3.05, 3.63) is 69.4 Å². The molecule has 6 nitrogen and oxygen atoms in total. The third-order valence-corrected chi connectivity index (χ3v) is 5.18. The number of benzene rings is 2. The predicted molar refractivity (Wildman–Crippen MR) is 105 cm³/mol. The average molecular weight is 365 g/mol. The minimum atomic E-state index is -0.559. The van der Waals surface area contributed by atoms with Gasteiger partial charge in [0.15, 0.2) is 5.43 Å². The van der Waals surface area contributed by atoms with Crippen LogP contribution in [-0.4, -0.2) is 16.2 Å². The van der Waals surface area contributed by atoms with Gasteiger partial charge in [-0.05, 0) is 37.3 Å². The molecule has 130 valence electrons. The Balaban J connectivity index is 2.21. The van der Waals surface area contributed by atoms with Crippen molar-refractivity contribution < 1.29 is 4.74 Å². The van der Waals surface area contributed by atoms with Crippen LogP contribution >= 0.6 is 11.3 Å². The van der Waals surface area contributed by atoms with E-state index < -0.39 is 5.69 Å². The number of fused-ring (bicyclic) bond motifs is 2. The van der Waals surface area contributed by atoms with Gasteiger partial charge in [0.25, 0.3) is 0 Å². The molecule has 0 unspecified atom stereocenters. The molecule has 0 aliphatic carbocycles. The summed E-state index contributed by atoms with van der Waals surface area (Å²) in [5, 5.41) is 1.05. The van der Waals surface area contributed by atoms with E-state index in [1.165, 1.54) is 28.2 Å². The maximum absolute atomic E-state index is 13.2. The molecule has 0 bridgehead atoms. The second-order valence-electron chi connectivity index (χ2n) is 5.65. The van der Waals surface area contributed by atoms with Crippen molar-refractivity contribution >= 4 is 37.3 Å². The summed E-state index contributed by atoms with van der Waals surface area (Å²) in [6, 6.07) is 12.6. The molecule has 2 heterocycles. The van der Waals surface area contributed by atoms with Crippen LogP contribution in [0, 0.1) is 0 Å². The number of nitrogen functional groups attached to an aromatic ring is 1. The molecule has 26 heavy (non-hydrogen) atoms. The van der Waals surface area contributed by atoms with Crippen molar-refractivity contribution in [1.82, 2.24) is 9.55 Å². The Morgan fingerprint density at radius 3 is 2.69 bits per heavy atom. The number of rotatable bonds is 3. The van der Waals surface area contributed by atoms with Gasteiger partial charge in [-0.3, -0.25) is 9.36 Å². The van der Waals surface area contributed by atoms with Crippen LogP contribution < -0.4 is 21.6 Å². The van der Waals surface area contributed by atoms with Gasteiger partial charge in [-0.2, -0.15) is 4.98 Å². The summed E-state index contributed by atoms with van der Waals surface area (Å²) in [5.74, 6) is 0.577. The highest BCUT2D eigenvalue weighted by atomic mass is 32.1. The Kier molecular flexibility index (Phi) is 3.93. The highest BCUT2D eigenvalue weighted by molar-refractivity contribution is 7.24. The van der Waals surface area contributed by atoms with E-state index in [1.54, 1.807) is 12.1 Å². The number of hydrogen-bond donors (Lipinski definition) is 1. The molecular formula is C19H15N3O3S. The topological polar surface area (TPSA) is 87.2 Å². The molecule has 4 aromatic rings. The highest BCUT2D eigenvalue weighted by Crippen LogP contribution is 2.33. The molecule has 7 heteroatoms. The second-order valence-corrected chi connectivity index (χ2v) is 6.73. The Bertz CT molecular complexity index is 1260. The lowest BCUT2D eigenvalue weighted by Gasteiger charge is -2.14. The molecule has 0 aliphatic heterocycles. The predicted octanol–water partition coefficient (Wildman–Crippen LogP) is 2.94. The van der Waals surface area contributed by atoms with Crippen LogP contribution in [0.5, 0.6) is 5.75 Å². The van der Waals surface area contributed by atoms with E-state index in [2.05, 4.69) is 4.98 Å². The third kappa shape index (κ3) is 2.53. The number of ether oxygens (including phenoxy) is 1. The van der Waals surface area contributed by atoms with E-state index in [-0.39, 0.29) is 11.2 Å². The van der Waals surface area contributed by atoms with Gasteiger partial charge in [0.2, 0.25) is 0 Å². The van der Waals surface area contributed by atoms with E-state index >= 15 is 0 Å². The van der Waals surface area contributed by atoms with Crippen molar-refractivity contribution in [3.63, 3.8) is 0 Å². The van der Waals surface area contributed by atoms with Crippen LogP contribution in [0.25, 0.3) is 25.9 Å². The molecule has 0 fully saturated rings. The minimum absolute atomic E-state index is 0.125. The van der Waals surface area contributed by atoms with Crippen molar-refractivity contribution in [2.45, 2.75) is 6.92 Å². The van der Waals surface area contributed by atoms with Crippen molar-refractivity contribution in [3.8, 4) is 11.4 Å². The first-order valence-corrected chi connectivity index (χ1v) is 8.88. The first-order valence-electron chi connectivity index (χ1n) is 8.07. The van der Waals surface area contributed by atoms with Gasteiger partial charge in [0.05, 0.1) is 12.0 Å². The molecule has 2 aromatic heterocycles. The van der Waals surface area contributed by atoms with Gasteiger partial charge in [-0.25, -0.2) is 4.79 Å². The highest BCUT2D eigenvalue weighted by Gasteiger charge is 2.17. The first kappa shape index (κ1) is 16.3. The third-order valence-electron chi connectivity index (χ3n) is 4.05. The second kappa shape index (κ2) is 6.27. The largest absolute Gasteiger partial charge is 0.492 e. The fourth-order valence-electron chi connectivity index (χ4n) is 2.95. The zero-order valence-corrected chi connectivity index (χ0v) is 14.7. The summed E-state index contributed by atoms with van der Waals surface area (Å²) in [5.41, 5.74) is 5.30. The Morgan fingerprint density at radius 2 is 1.92 bits per heavy atom. The van der Waals surface area contributed by atoms with Crippen LogP contribution in [-0.2, 0) is 0 Å². The van der Waals surface area contributed by atoms with E-state index in [1.807, 2.05) is 31.2 Å². The summed E-state index contributed by atoms with van der Waals surface area (Å²) >= 11 is 1.49. The fourth-order valence-corrected chi connectivity index (χ4v) is 4.03. The molecule has 0 aliphatic rings. The molecule has 0 amide bonds. The molecule has 2 N–H and O–H groups in total. The molecule has 0 atom stereocenters. The van der Waals surface area contributed by atoms with Gasteiger partial charge >= 0.3 is 5.69 Å². The Labute approximate surface area is 152 Å². The summed E-state index contributed by atoms with van der Waals surface area (Å²) in [6.07, 6.45) is 1.52. The van der Waals surface area contributed by atoms with E-state index in [9.17, 15) is 9.59 Å². The minimum Gasteiger partial charge on any atom is -0.492 e. The number of hydrogen-bond acceptors (Lipinski definition) is 6. The molecule has 0 radical (unpaired) electrons. The van der Waals surface area contributed by atoms with E-state index in [0.717, 1.165) is 9.40 Å². The fraction of sp³-hybridized carbons (Fsp3) is 0.105. The molecular weight excluding hydrogens is 350 g/mol. The molecule has 0 saturated carbocycles. The molecule has 2 aromatic carbocycles. The number of aromatic nitrogens is 2. The quantitative estimate of drug-likeness (QED) is 0.564. The lowest BCUT2D eigenvalue weighted by Crippen LogP contribution is -2.23. The summed E-state index contributed by atoms with van der Waals surface area (Å²) in [7, 11) is 0. The first-order chi connectivity index (χ1) is 12.6. The number of anilines is 1. The molecule has 0 spiro atoms. The normalized spacial score (nSPS) is 11.1. The molecule has 4 rings (SSSR count). The van der Waals surface area contributed by atoms with Gasteiger partial charge in [0, 0.05) is 21.0 Å². The van der Waals surface area contributed by atoms with E-state index in [0.29, 0.717) is 28.8 Å². The van der Waals surface area contributed by atoms with Crippen LogP contribution in [0.15, 0.2) is 58.3 Å². The zero-order chi connectivity index (χ0) is 18.3. The summed E-state index contributed by atoms with van der Waals surface area (Å²) < 4.78 is 8.68. The molecule has 0 saturated heterocycles. The van der Waals surface area contributed by atoms with E-state index in [4.69, 9.17) is 10.5 Å². The Morgan fingerprint density at radius 1 is 1.12 bits per heavy atom. The lowest BCUT2D eigenvalue weighted by molar-refractivity contribution is 0.339. The maximum atomic E-state index is 13.2. The van der Waals surface area contributed by atoms with Crippen LogP contribution in [0.2, 0.25) is 0 Å². The van der Waals surface area contributed by atoms with Gasteiger partial charge < -0.3 is 10.5 Å². The van der Waals surface area contributed by atoms with Crippen LogP contribution in [0.4, 0.5) is 5.82 Å². The summed E-state index contributed by atoms with van der Waals surface area (Å²) in [6.45, 7) is 2.25. The van der Waals surface area contributed by atoms with Gasteiger partial charge in [-0.1, -0.05) is 12.1 Å². The zero-order valence-electron chi connectivity index (χ0n) is 13.9. The Hall–Kier alpha value is -3.19. The van der Waals surface area contributed by atoms with Gasteiger partial charge in [0.1, 0.15) is 17.3 Å². The number of nitrogens with zero attached hydrogens (tertiary/aromatic N) is 2. The average Bonchev–Trinajstić information content (AvgIpc) is 2.63. The van der Waals surface area contributed by atoms with Crippen molar-refractivity contribution in [2.24, 2.45) is 0 Å².